The number of anilines is 2. The first-order chi connectivity index (χ1) is 15.6. The smallest absolute Gasteiger partial charge is 0.423 e. The molecule has 3 rings (SSSR count). The number of alkyl halides is 6. The maximum absolute atomic E-state index is 14.2. The van der Waals surface area contributed by atoms with Crippen LogP contribution in [0.4, 0.5) is 55.3 Å². The van der Waals surface area contributed by atoms with Crippen LogP contribution in [0, 0.1) is 23.3 Å². The van der Waals surface area contributed by atoms with Crippen molar-refractivity contribution in [2.24, 2.45) is 0 Å². The molecule has 0 saturated carbocycles. The van der Waals surface area contributed by atoms with Crippen molar-refractivity contribution in [3.63, 3.8) is 0 Å². The van der Waals surface area contributed by atoms with E-state index >= 15 is 0 Å². The minimum absolute atomic E-state index is 0.00409. The molecule has 0 unspecified atom stereocenters. The molecule has 0 saturated heterocycles. The molecular formula is C20H10F10N2O2. The Bertz CT molecular complexity index is 1260. The zero-order valence-corrected chi connectivity index (χ0v) is 16.2. The zero-order chi connectivity index (χ0) is 25.6. The van der Waals surface area contributed by atoms with Crippen molar-refractivity contribution in [2.75, 3.05) is 11.5 Å². The summed E-state index contributed by atoms with van der Waals surface area (Å²) < 4.78 is 148. The summed E-state index contributed by atoms with van der Waals surface area (Å²) in [5, 5.41) is 0. The third-order valence-corrected chi connectivity index (χ3v) is 4.28. The lowest BCUT2D eigenvalue weighted by atomic mass is 10.1. The molecule has 182 valence electrons. The molecule has 34 heavy (non-hydrogen) atoms. The molecule has 0 atom stereocenters. The Hall–Kier alpha value is -3.84. The highest BCUT2D eigenvalue weighted by atomic mass is 19.4. The van der Waals surface area contributed by atoms with Crippen molar-refractivity contribution in [1.82, 2.24) is 0 Å². The Kier molecular flexibility index (Phi) is 6.20. The van der Waals surface area contributed by atoms with Crippen molar-refractivity contribution >= 4 is 11.4 Å². The molecule has 0 heterocycles. The maximum atomic E-state index is 14.2. The van der Waals surface area contributed by atoms with E-state index in [9.17, 15) is 43.9 Å². The molecule has 3 aromatic carbocycles. The number of hydrogen-bond acceptors (Lipinski definition) is 4. The Morgan fingerprint density at radius 3 is 1.47 bits per heavy atom. The number of hydrogen-bond donors (Lipinski definition) is 2. The molecule has 0 radical (unpaired) electrons. The van der Waals surface area contributed by atoms with Gasteiger partial charge in [-0.25, -0.2) is 17.6 Å². The fourth-order valence-corrected chi connectivity index (χ4v) is 2.74. The van der Waals surface area contributed by atoms with Gasteiger partial charge in [-0.3, -0.25) is 0 Å². The van der Waals surface area contributed by atoms with Gasteiger partial charge in [-0.1, -0.05) is 0 Å². The first-order valence-corrected chi connectivity index (χ1v) is 8.77. The molecule has 0 fully saturated rings. The second-order valence-electron chi connectivity index (χ2n) is 6.57. The van der Waals surface area contributed by atoms with Crippen LogP contribution in [0.2, 0.25) is 0 Å². The summed E-state index contributed by atoms with van der Waals surface area (Å²) in [7, 11) is 0. The van der Waals surface area contributed by atoms with E-state index in [1.165, 1.54) is 0 Å². The quantitative estimate of drug-likeness (QED) is 0.298. The van der Waals surface area contributed by atoms with Gasteiger partial charge in [-0.05, 0) is 36.4 Å². The van der Waals surface area contributed by atoms with Gasteiger partial charge in [-0.2, -0.15) is 26.3 Å². The molecule has 0 aliphatic heterocycles. The number of rotatable bonds is 4. The van der Waals surface area contributed by atoms with Crippen molar-refractivity contribution in [1.29, 1.82) is 0 Å². The molecule has 0 aliphatic rings. The highest BCUT2D eigenvalue weighted by Crippen LogP contribution is 2.51. The first-order valence-electron chi connectivity index (χ1n) is 8.77. The standard InChI is InChI=1S/C20H10F10N2O2/c21-8-2-4-10(31)14(23)17(8)33-12-6-1-7(19(25,26)27)16(13(12)20(28,29)30)34-18-9(22)3-5-11(32)15(18)24/h1-6H,31-32H2. The summed E-state index contributed by atoms with van der Waals surface area (Å²) in [6, 6.07) is 2.44. The lowest BCUT2D eigenvalue weighted by molar-refractivity contribution is -0.145. The second kappa shape index (κ2) is 8.50. The van der Waals surface area contributed by atoms with Gasteiger partial charge in [0.25, 0.3) is 0 Å². The molecule has 14 heteroatoms. The summed E-state index contributed by atoms with van der Waals surface area (Å²) >= 11 is 0. The molecule has 0 amide bonds. The Morgan fingerprint density at radius 2 is 1.03 bits per heavy atom. The van der Waals surface area contributed by atoms with Gasteiger partial charge in [0.15, 0.2) is 29.0 Å². The first kappa shape index (κ1) is 24.8. The lowest BCUT2D eigenvalue weighted by Gasteiger charge is -2.22. The van der Waals surface area contributed by atoms with Gasteiger partial charge >= 0.3 is 12.4 Å². The number of ether oxygens (including phenoxy) is 2. The van der Waals surface area contributed by atoms with E-state index in [-0.39, 0.29) is 12.1 Å². The number of nitrogens with two attached hydrogens (primary N) is 2. The molecule has 4 nitrogen and oxygen atoms in total. The monoisotopic (exact) mass is 500 g/mol. The molecule has 3 aromatic rings. The van der Waals surface area contributed by atoms with E-state index in [2.05, 4.69) is 9.47 Å². The van der Waals surface area contributed by atoms with E-state index < -0.39 is 81.1 Å². The molecular weight excluding hydrogens is 490 g/mol. The van der Waals surface area contributed by atoms with E-state index in [4.69, 9.17) is 11.5 Å². The summed E-state index contributed by atoms with van der Waals surface area (Å²) in [4.78, 5) is 0. The normalized spacial score (nSPS) is 12.1. The van der Waals surface area contributed by atoms with Gasteiger partial charge in [-0.15, -0.1) is 0 Å². The minimum Gasteiger partial charge on any atom is -0.450 e. The summed E-state index contributed by atoms with van der Waals surface area (Å²) in [5.74, 6) is -13.6. The predicted octanol–water partition coefficient (Wildman–Crippen LogP) is 7.03. The third-order valence-electron chi connectivity index (χ3n) is 4.28. The van der Waals surface area contributed by atoms with Crippen LogP contribution >= 0.6 is 0 Å². The molecule has 0 bridgehead atoms. The largest absolute Gasteiger partial charge is 0.450 e. The average molecular weight is 500 g/mol. The van der Waals surface area contributed by atoms with Crippen LogP contribution in [0.1, 0.15) is 11.1 Å². The van der Waals surface area contributed by atoms with E-state index in [1.54, 1.807) is 0 Å². The van der Waals surface area contributed by atoms with Gasteiger partial charge in [0.05, 0.1) is 16.9 Å². The van der Waals surface area contributed by atoms with Crippen molar-refractivity contribution in [2.45, 2.75) is 12.4 Å². The summed E-state index contributed by atoms with van der Waals surface area (Å²) in [5.41, 5.74) is 4.30. The van der Waals surface area contributed by atoms with Crippen LogP contribution in [0.15, 0.2) is 36.4 Å². The van der Waals surface area contributed by atoms with Crippen LogP contribution in [0.3, 0.4) is 0 Å². The lowest BCUT2D eigenvalue weighted by Crippen LogP contribution is -2.16. The predicted molar refractivity (Wildman–Crippen MR) is 98.1 cm³/mol. The fourth-order valence-electron chi connectivity index (χ4n) is 2.74. The van der Waals surface area contributed by atoms with E-state index in [0.717, 1.165) is 6.07 Å². The van der Waals surface area contributed by atoms with Crippen LogP contribution in [-0.2, 0) is 12.4 Å². The molecule has 0 aliphatic carbocycles. The Balaban J connectivity index is 2.33. The highest BCUT2D eigenvalue weighted by molar-refractivity contribution is 5.58. The van der Waals surface area contributed by atoms with Crippen LogP contribution < -0.4 is 20.9 Å². The van der Waals surface area contributed by atoms with Gasteiger partial charge in [0.1, 0.15) is 11.3 Å². The second-order valence-corrected chi connectivity index (χ2v) is 6.57. The number of benzene rings is 3. The Morgan fingerprint density at radius 1 is 0.559 bits per heavy atom. The fraction of sp³-hybridized carbons (Fsp3) is 0.100. The topological polar surface area (TPSA) is 70.5 Å². The van der Waals surface area contributed by atoms with Gasteiger partial charge in [0.2, 0.25) is 11.5 Å². The van der Waals surface area contributed by atoms with Gasteiger partial charge < -0.3 is 20.9 Å². The molecule has 0 aromatic heterocycles. The zero-order valence-electron chi connectivity index (χ0n) is 16.2. The molecule has 4 N–H and O–H groups in total. The van der Waals surface area contributed by atoms with Crippen molar-refractivity contribution < 1.29 is 53.4 Å². The van der Waals surface area contributed by atoms with Crippen LogP contribution in [0.25, 0.3) is 0 Å². The SMILES string of the molecule is Nc1ccc(F)c(Oc2ccc(C(F)(F)F)c(Oc3c(F)ccc(N)c3F)c2C(F)(F)F)c1F. The highest BCUT2D eigenvalue weighted by Gasteiger charge is 2.46. The van der Waals surface area contributed by atoms with Crippen LogP contribution in [0.5, 0.6) is 23.0 Å². The maximum Gasteiger partial charge on any atom is 0.423 e. The minimum atomic E-state index is -5.74. The molecule has 0 spiro atoms. The van der Waals surface area contributed by atoms with Crippen LogP contribution in [-0.4, -0.2) is 0 Å². The van der Waals surface area contributed by atoms with Crippen molar-refractivity contribution in [3.8, 4) is 23.0 Å². The Labute approximate surface area is 183 Å². The average Bonchev–Trinajstić information content (AvgIpc) is 2.72. The summed E-state index contributed by atoms with van der Waals surface area (Å²) in [6.45, 7) is 0. The summed E-state index contributed by atoms with van der Waals surface area (Å²) in [6.07, 6.45) is -11.3. The van der Waals surface area contributed by atoms with E-state index in [1.807, 2.05) is 0 Å². The number of nitrogen functional groups attached to an aromatic ring is 2. The number of halogens is 10. The van der Waals surface area contributed by atoms with Crippen molar-refractivity contribution in [3.05, 3.63) is 70.8 Å². The third kappa shape index (κ3) is 4.61. The van der Waals surface area contributed by atoms with E-state index in [0.29, 0.717) is 18.2 Å². The van der Waals surface area contributed by atoms with Gasteiger partial charge in [0, 0.05) is 0 Å².